The minimum absolute atomic E-state index is 0.0467. The van der Waals surface area contributed by atoms with Gasteiger partial charge in [0.2, 0.25) is 5.91 Å². The molecule has 1 N–H and O–H groups in total. The summed E-state index contributed by atoms with van der Waals surface area (Å²) < 4.78 is 47.0. The molecule has 0 radical (unpaired) electrons. The number of hydrogen-bond donors (Lipinski definition) is 1. The van der Waals surface area contributed by atoms with Crippen LogP contribution in [0.3, 0.4) is 0 Å². The Labute approximate surface area is 186 Å². The largest absolute Gasteiger partial charge is 0.494 e. The molecule has 1 aliphatic rings. The van der Waals surface area contributed by atoms with Crippen LogP contribution < -0.4 is 14.4 Å². The molecule has 0 saturated heterocycles. The molecule has 1 atom stereocenters. The molecule has 4 rings (SSSR count). The van der Waals surface area contributed by atoms with E-state index in [1.54, 1.807) is 18.2 Å². The van der Waals surface area contributed by atoms with Crippen LogP contribution in [0.1, 0.15) is 25.5 Å². The summed E-state index contributed by atoms with van der Waals surface area (Å²) in [6, 6.07) is 17.3. The van der Waals surface area contributed by atoms with Gasteiger partial charge < -0.3 is 10.1 Å². The summed E-state index contributed by atoms with van der Waals surface area (Å²) in [7, 11) is -3.98. The average Bonchev–Trinajstić information content (AvgIpc) is 2.77. The molecule has 166 valence electrons. The zero-order valence-corrected chi connectivity index (χ0v) is 18.5. The topological polar surface area (TPSA) is 75.7 Å². The Morgan fingerprint density at radius 2 is 1.78 bits per heavy atom. The number of nitrogens with one attached hydrogen (secondary N) is 1. The highest BCUT2D eigenvalue weighted by atomic mass is 32.2. The van der Waals surface area contributed by atoms with E-state index in [4.69, 9.17) is 4.74 Å². The van der Waals surface area contributed by atoms with Crippen LogP contribution in [0.15, 0.2) is 71.6 Å². The Bertz CT molecular complexity index is 1260. The second-order valence-electron chi connectivity index (χ2n) is 7.46. The molecular formula is C24H23FN2O4S. The molecule has 1 heterocycles. The van der Waals surface area contributed by atoms with Crippen LogP contribution in [0.2, 0.25) is 0 Å². The van der Waals surface area contributed by atoms with Crippen molar-refractivity contribution in [3.8, 4) is 16.9 Å². The highest BCUT2D eigenvalue weighted by molar-refractivity contribution is 7.93. The number of amides is 1. The van der Waals surface area contributed by atoms with Crippen molar-refractivity contribution >= 4 is 21.6 Å². The van der Waals surface area contributed by atoms with E-state index >= 15 is 0 Å². The van der Waals surface area contributed by atoms with E-state index in [9.17, 15) is 17.6 Å². The lowest BCUT2D eigenvalue weighted by atomic mass is 10.0. The van der Waals surface area contributed by atoms with Crippen molar-refractivity contribution in [2.75, 3.05) is 17.5 Å². The summed E-state index contributed by atoms with van der Waals surface area (Å²) in [5, 5.41) is 2.84. The first kappa shape index (κ1) is 21.8. The standard InChI is InChI=1S/C24H23FN2O4S/c1-3-31-19-11-8-17(9-12-19)16(2)26-24(28)15-27-22-13-10-18(25)14-21(22)20-6-4-5-7-23(20)32(27,29)30/h4-14,16H,3,15H2,1-2H3,(H,26,28). The van der Waals surface area contributed by atoms with Crippen LogP contribution in [0.25, 0.3) is 11.1 Å². The Kier molecular flexibility index (Phi) is 5.88. The third kappa shape index (κ3) is 4.05. The fourth-order valence-corrected chi connectivity index (χ4v) is 5.44. The number of ether oxygens (including phenoxy) is 1. The maximum Gasteiger partial charge on any atom is 0.265 e. The molecule has 0 aliphatic carbocycles. The molecule has 0 spiro atoms. The Balaban J connectivity index is 1.59. The van der Waals surface area contributed by atoms with Gasteiger partial charge in [0.15, 0.2) is 0 Å². The van der Waals surface area contributed by atoms with Gasteiger partial charge in [-0.15, -0.1) is 0 Å². The van der Waals surface area contributed by atoms with Gasteiger partial charge in [-0.1, -0.05) is 30.3 Å². The van der Waals surface area contributed by atoms with E-state index in [-0.39, 0.29) is 16.6 Å². The molecule has 1 amide bonds. The number of rotatable bonds is 6. The second kappa shape index (κ2) is 8.63. The summed E-state index contributed by atoms with van der Waals surface area (Å²) in [6.07, 6.45) is 0. The van der Waals surface area contributed by atoms with E-state index in [1.165, 1.54) is 24.3 Å². The lowest BCUT2D eigenvalue weighted by molar-refractivity contribution is -0.120. The van der Waals surface area contributed by atoms with Crippen LogP contribution in [0.4, 0.5) is 10.1 Å². The lowest BCUT2D eigenvalue weighted by Crippen LogP contribution is -2.43. The van der Waals surface area contributed by atoms with Gasteiger partial charge in [0.25, 0.3) is 10.0 Å². The molecule has 3 aromatic carbocycles. The maximum absolute atomic E-state index is 14.0. The number of anilines is 1. The highest BCUT2D eigenvalue weighted by Crippen LogP contribution is 2.43. The SMILES string of the molecule is CCOc1ccc(C(C)NC(=O)CN2c3ccc(F)cc3-c3ccccc3S2(=O)=O)cc1. The number of fused-ring (bicyclic) bond motifs is 3. The van der Waals surface area contributed by atoms with Crippen LogP contribution in [-0.4, -0.2) is 27.5 Å². The van der Waals surface area contributed by atoms with Gasteiger partial charge >= 0.3 is 0 Å². The zero-order valence-electron chi connectivity index (χ0n) is 17.7. The summed E-state index contributed by atoms with van der Waals surface area (Å²) in [6.45, 7) is 3.86. The van der Waals surface area contributed by atoms with Gasteiger partial charge in [0, 0.05) is 11.1 Å². The molecule has 0 bridgehead atoms. The number of nitrogens with zero attached hydrogens (tertiary/aromatic N) is 1. The first-order chi connectivity index (χ1) is 15.3. The number of carbonyl (C=O) groups is 1. The van der Waals surface area contributed by atoms with Crippen LogP contribution >= 0.6 is 0 Å². The first-order valence-corrected chi connectivity index (χ1v) is 11.7. The second-order valence-corrected chi connectivity index (χ2v) is 9.29. The Morgan fingerprint density at radius 3 is 2.50 bits per heavy atom. The van der Waals surface area contributed by atoms with E-state index in [0.29, 0.717) is 17.7 Å². The quantitative estimate of drug-likeness (QED) is 0.603. The Hall–Kier alpha value is -3.39. The van der Waals surface area contributed by atoms with Gasteiger partial charge in [-0.2, -0.15) is 0 Å². The van der Waals surface area contributed by atoms with Gasteiger partial charge in [-0.3, -0.25) is 9.10 Å². The third-order valence-corrected chi connectivity index (χ3v) is 7.15. The third-order valence-electron chi connectivity index (χ3n) is 5.33. The fourth-order valence-electron chi connectivity index (χ4n) is 3.79. The van der Waals surface area contributed by atoms with Crippen molar-refractivity contribution < 1.29 is 22.3 Å². The summed E-state index contributed by atoms with van der Waals surface area (Å²) in [5.41, 5.74) is 1.98. The maximum atomic E-state index is 14.0. The smallest absolute Gasteiger partial charge is 0.265 e. The van der Waals surface area contributed by atoms with E-state index in [0.717, 1.165) is 15.6 Å². The molecule has 32 heavy (non-hydrogen) atoms. The van der Waals surface area contributed by atoms with E-state index < -0.39 is 28.3 Å². The minimum atomic E-state index is -3.98. The zero-order chi connectivity index (χ0) is 22.9. The van der Waals surface area contributed by atoms with Crippen LogP contribution in [0, 0.1) is 5.82 Å². The van der Waals surface area contributed by atoms with E-state index in [1.807, 2.05) is 38.1 Å². The van der Waals surface area contributed by atoms with Crippen molar-refractivity contribution in [1.82, 2.24) is 5.32 Å². The number of carbonyl (C=O) groups excluding carboxylic acids is 1. The number of benzene rings is 3. The molecule has 0 aromatic heterocycles. The fraction of sp³-hybridized carbons (Fsp3) is 0.208. The summed E-state index contributed by atoms with van der Waals surface area (Å²) >= 11 is 0. The van der Waals surface area contributed by atoms with Crippen LogP contribution in [-0.2, 0) is 14.8 Å². The average molecular weight is 455 g/mol. The Morgan fingerprint density at radius 1 is 1.06 bits per heavy atom. The molecule has 1 aliphatic heterocycles. The predicted octanol–water partition coefficient (Wildman–Crippen LogP) is 4.28. The van der Waals surface area contributed by atoms with Crippen molar-refractivity contribution in [3.05, 3.63) is 78.1 Å². The molecule has 8 heteroatoms. The molecular weight excluding hydrogens is 431 g/mol. The minimum Gasteiger partial charge on any atom is -0.494 e. The highest BCUT2D eigenvalue weighted by Gasteiger charge is 2.36. The van der Waals surface area contributed by atoms with Gasteiger partial charge in [0.05, 0.1) is 23.2 Å². The lowest BCUT2D eigenvalue weighted by Gasteiger charge is -2.32. The van der Waals surface area contributed by atoms with Gasteiger partial charge in [-0.25, -0.2) is 12.8 Å². The molecule has 3 aromatic rings. The predicted molar refractivity (Wildman–Crippen MR) is 121 cm³/mol. The number of halogens is 1. The number of sulfonamides is 1. The summed E-state index contributed by atoms with van der Waals surface area (Å²) in [4.78, 5) is 12.9. The molecule has 0 fully saturated rings. The van der Waals surface area contributed by atoms with Crippen molar-refractivity contribution in [2.24, 2.45) is 0 Å². The monoisotopic (exact) mass is 454 g/mol. The first-order valence-electron chi connectivity index (χ1n) is 10.2. The van der Waals surface area contributed by atoms with Gasteiger partial charge in [0.1, 0.15) is 18.1 Å². The van der Waals surface area contributed by atoms with Crippen molar-refractivity contribution in [2.45, 2.75) is 24.8 Å². The van der Waals surface area contributed by atoms with Crippen molar-refractivity contribution in [3.63, 3.8) is 0 Å². The normalized spacial score (nSPS) is 14.8. The molecule has 6 nitrogen and oxygen atoms in total. The molecule has 1 unspecified atom stereocenters. The van der Waals surface area contributed by atoms with Crippen molar-refractivity contribution in [1.29, 1.82) is 0 Å². The number of hydrogen-bond acceptors (Lipinski definition) is 4. The molecule has 0 saturated carbocycles. The summed E-state index contributed by atoms with van der Waals surface area (Å²) in [5.74, 6) is -0.215. The van der Waals surface area contributed by atoms with Crippen LogP contribution in [0.5, 0.6) is 5.75 Å². The van der Waals surface area contributed by atoms with E-state index in [2.05, 4.69) is 5.32 Å². The van der Waals surface area contributed by atoms with Gasteiger partial charge in [-0.05, 0) is 55.8 Å².